The number of aromatic nitrogens is 1. The maximum absolute atomic E-state index is 11.9. The molecule has 1 aromatic rings. The summed E-state index contributed by atoms with van der Waals surface area (Å²) in [6, 6.07) is 3.03. The summed E-state index contributed by atoms with van der Waals surface area (Å²) in [6.45, 7) is -0.532. The van der Waals surface area contributed by atoms with Crippen molar-refractivity contribution in [2.75, 3.05) is 19.0 Å². The van der Waals surface area contributed by atoms with E-state index in [1.807, 2.05) is 0 Å². The highest BCUT2D eigenvalue weighted by Crippen LogP contribution is 2.13. The number of nitrogens with zero attached hydrogens (tertiary/aromatic N) is 1. The Morgan fingerprint density at radius 3 is 3.00 bits per heavy atom. The number of esters is 1. The molecule has 0 saturated carbocycles. The first kappa shape index (κ1) is 11.4. The van der Waals surface area contributed by atoms with Crippen molar-refractivity contribution in [1.82, 2.24) is 4.98 Å². The number of rotatable bonds is 4. The van der Waals surface area contributed by atoms with Crippen molar-refractivity contribution < 1.29 is 18.3 Å². The van der Waals surface area contributed by atoms with Crippen LogP contribution in [0.15, 0.2) is 18.3 Å². The van der Waals surface area contributed by atoms with Gasteiger partial charge in [0.1, 0.15) is 0 Å². The van der Waals surface area contributed by atoms with Gasteiger partial charge < -0.3 is 10.1 Å². The molecular formula is C9H10F2N2O2. The molecule has 4 nitrogen and oxygen atoms in total. The van der Waals surface area contributed by atoms with Gasteiger partial charge in [0.05, 0.1) is 19.3 Å². The summed E-state index contributed by atoms with van der Waals surface area (Å²) >= 11 is 0. The first-order valence-corrected chi connectivity index (χ1v) is 4.20. The number of carbonyl (C=O) groups excluding carboxylic acids is 1. The number of halogens is 2. The van der Waals surface area contributed by atoms with Crippen LogP contribution in [0.2, 0.25) is 0 Å². The lowest BCUT2D eigenvalue weighted by Gasteiger charge is -2.08. The topological polar surface area (TPSA) is 51.2 Å². The van der Waals surface area contributed by atoms with Crippen molar-refractivity contribution in [3.05, 3.63) is 24.0 Å². The average molecular weight is 216 g/mol. The van der Waals surface area contributed by atoms with Crippen molar-refractivity contribution in [1.29, 1.82) is 0 Å². The predicted molar refractivity (Wildman–Crippen MR) is 50.1 cm³/mol. The van der Waals surface area contributed by atoms with Crippen molar-refractivity contribution in [3.63, 3.8) is 0 Å². The molecule has 0 amide bonds. The lowest BCUT2D eigenvalue weighted by atomic mass is 10.3. The van der Waals surface area contributed by atoms with Gasteiger partial charge in [0.15, 0.2) is 5.69 Å². The lowest BCUT2D eigenvalue weighted by molar-refractivity contribution is 0.0595. The van der Waals surface area contributed by atoms with Gasteiger partial charge in [-0.3, -0.25) is 0 Å². The number of carbonyl (C=O) groups is 1. The van der Waals surface area contributed by atoms with Gasteiger partial charge >= 0.3 is 5.97 Å². The molecule has 82 valence electrons. The number of anilines is 1. The van der Waals surface area contributed by atoms with Crippen LogP contribution >= 0.6 is 0 Å². The Kier molecular flexibility index (Phi) is 3.96. The Hall–Kier alpha value is -1.72. The highest BCUT2D eigenvalue weighted by atomic mass is 19.3. The highest BCUT2D eigenvalue weighted by molar-refractivity contribution is 5.93. The Morgan fingerprint density at radius 2 is 2.40 bits per heavy atom. The van der Waals surface area contributed by atoms with E-state index >= 15 is 0 Å². The summed E-state index contributed by atoms with van der Waals surface area (Å²) < 4.78 is 28.3. The molecule has 0 aliphatic rings. The summed E-state index contributed by atoms with van der Waals surface area (Å²) in [6.07, 6.45) is -1.10. The fourth-order valence-electron chi connectivity index (χ4n) is 0.994. The van der Waals surface area contributed by atoms with Crippen molar-refractivity contribution >= 4 is 11.7 Å². The number of ether oxygens (including phenoxy) is 1. The van der Waals surface area contributed by atoms with Crippen molar-refractivity contribution in [2.45, 2.75) is 6.43 Å². The molecule has 6 heteroatoms. The maximum atomic E-state index is 11.9. The van der Waals surface area contributed by atoms with Crippen LogP contribution in [0.3, 0.4) is 0 Å². The van der Waals surface area contributed by atoms with E-state index in [1.165, 1.54) is 19.4 Å². The van der Waals surface area contributed by atoms with Gasteiger partial charge in [0, 0.05) is 6.20 Å². The quantitative estimate of drug-likeness (QED) is 0.776. The van der Waals surface area contributed by atoms with Crippen LogP contribution in [0.5, 0.6) is 0 Å². The van der Waals surface area contributed by atoms with E-state index in [-0.39, 0.29) is 11.4 Å². The molecule has 0 radical (unpaired) electrons. The molecule has 1 aromatic heterocycles. The van der Waals surface area contributed by atoms with E-state index in [4.69, 9.17) is 0 Å². The Bertz CT molecular complexity index is 345. The fraction of sp³-hybridized carbons (Fsp3) is 0.333. The predicted octanol–water partition coefficient (Wildman–Crippen LogP) is 1.55. The third-order valence-corrected chi connectivity index (χ3v) is 1.63. The summed E-state index contributed by atoms with van der Waals surface area (Å²) in [7, 11) is 1.20. The minimum atomic E-state index is -2.49. The molecular weight excluding hydrogens is 206 g/mol. The molecule has 0 unspecified atom stereocenters. The van der Waals surface area contributed by atoms with Crippen LogP contribution in [0.1, 0.15) is 10.5 Å². The van der Waals surface area contributed by atoms with E-state index in [9.17, 15) is 13.6 Å². The minimum Gasteiger partial charge on any atom is -0.464 e. The zero-order valence-corrected chi connectivity index (χ0v) is 8.04. The number of hydrogen-bond acceptors (Lipinski definition) is 4. The number of hydrogen-bond donors (Lipinski definition) is 1. The molecule has 0 fully saturated rings. The largest absolute Gasteiger partial charge is 0.464 e. The Labute approximate surface area is 85.3 Å². The van der Waals surface area contributed by atoms with Gasteiger partial charge in [0.25, 0.3) is 6.43 Å². The van der Waals surface area contributed by atoms with E-state index in [0.29, 0.717) is 0 Å². The van der Waals surface area contributed by atoms with Gasteiger partial charge in [-0.2, -0.15) is 0 Å². The molecule has 0 atom stereocenters. The first-order chi connectivity index (χ1) is 7.15. The zero-order valence-electron chi connectivity index (χ0n) is 8.04. The van der Waals surface area contributed by atoms with Gasteiger partial charge in [-0.05, 0) is 12.1 Å². The molecule has 0 aliphatic carbocycles. The maximum Gasteiger partial charge on any atom is 0.358 e. The molecule has 0 bridgehead atoms. The first-order valence-electron chi connectivity index (χ1n) is 4.20. The van der Waals surface area contributed by atoms with E-state index in [1.54, 1.807) is 6.07 Å². The van der Waals surface area contributed by atoms with Crippen LogP contribution in [0.25, 0.3) is 0 Å². The SMILES string of the molecule is COC(=O)c1ncccc1NCC(F)F. The third kappa shape index (κ3) is 3.16. The zero-order chi connectivity index (χ0) is 11.3. The number of methoxy groups -OCH3 is 1. The van der Waals surface area contributed by atoms with Crippen LogP contribution in [0.4, 0.5) is 14.5 Å². The second kappa shape index (κ2) is 5.23. The lowest BCUT2D eigenvalue weighted by Crippen LogP contribution is -2.15. The van der Waals surface area contributed by atoms with E-state index in [2.05, 4.69) is 15.0 Å². The Balaban J connectivity index is 2.81. The van der Waals surface area contributed by atoms with Crippen molar-refractivity contribution in [3.8, 4) is 0 Å². The van der Waals surface area contributed by atoms with Gasteiger partial charge in [-0.15, -0.1) is 0 Å². The van der Waals surface area contributed by atoms with Crippen LogP contribution in [-0.2, 0) is 4.74 Å². The number of pyridine rings is 1. The third-order valence-electron chi connectivity index (χ3n) is 1.63. The number of alkyl halides is 2. The van der Waals surface area contributed by atoms with Crippen LogP contribution in [0, 0.1) is 0 Å². The summed E-state index contributed by atoms with van der Waals surface area (Å²) in [5.41, 5.74) is 0.241. The molecule has 0 spiro atoms. The van der Waals surface area contributed by atoms with Gasteiger partial charge in [0.2, 0.25) is 0 Å². The average Bonchev–Trinajstić information content (AvgIpc) is 2.25. The normalized spacial score (nSPS) is 10.1. The second-order valence-corrected chi connectivity index (χ2v) is 2.66. The van der Waals surface area contributed by atoms with Crippen LogP contribution in [-0.4, -0.2) is 31.0 Å². The highest BCUT2D eigenvalue weighted by Gasteiger charge is 2.13. The Morgan fingerprint density at radius 1 is 1.67 bits per heavy atom. The van der Waals surface area contributed by atoms with E-state index < -0.39 is 18.9 Å². The molecule has 1 N–H and O–H groups in total. The van der Waals surface area contributed by atoms with Crippen molar-refractivity contribution in [2.24, 2.45) is 0 Å². The number of nitrogens with one attached hydrogen (secondary N) is 1. The molecule has 1 rings (SSSR count). The fourth-order valence-corrected chi connectivity index (χ4v) is 0.994. The smallest absolute Gasteiger partial charge is 0.358 e. The molecule has 0 aliphatic heterocycles. The van der Waals surface area contributed by atoms with Gasteiger partial charge in [-0.1, -0.05) is 0 Å². The standard InChI is InChI=1S/C9H10F2N2O2/c1-15-9(14)8-6(3-2-4-12-8)13-5-7(10)11/h2-4,7,13H,5H2,1H3. The second-order valence-electron chi connectivity index (χ2n) is 2.66. The molecule has 1 heterocycles. The minimum absolute atomic E-state index is 0.000602. The molecule has 0 aromatic carbocycles. The molecule has 0 saturated heterocycles. The van der Waals surface area contributed by atoms with Crippen LogP contribution < -0.4 is 5.32 Å². The molecule has 15 heavy (non-hydrogen) atoms. The summed E-state index contributed by atoms with van der Waals surface area (Å²) in [4.78, 5) is 14.9. The summed E-state index contributed by atoms with van der Waals surface area (Å²) in [5, 5.41) is 2.41. The monoisotopic (exact) mass is 216 g/mol. The van der Waals surface area contributed by atoms with Gasteiger partial charge in [-0.25, -0.2) is 18.6 Å². The van der Waals surface area contributed by atoms with E-state index in [0.717, 1.165) is 0 Å². The summed E-state index contributed by atoms with van der Waals surface area (Å²) in [5.74, 6) is -0.660.